The third-order valence-corrected chi connectivity index (χ3v) is 3.49. The monoisotopic (exact) mass is 196 g/mol. The second-order valence-electron chi connectivity index (χ2n) is 3.19. The van der Waals surface area contributed by atoms with Gasteiger partial charge in [0.1, 0.15) is 0 Å². The first-order valence-electron chi connectivity index (χ1n) is 4.48. The number of hydrogen-bond acceptors (Lipinski definition) is 4. The third-order valence-electron chi connectivity index (χ3n) is 2.22. The zero-order chi connectivity index (χ0) is 9.10. The number of rotatable bonds is 2. The fourth-order valence-corrected chi connectivity index (χ4v) is 2.62. The molecule has 0 spiro atoms. The standard InChI is InChI=1S/C9H12N2OS/c12-7-3-1-4-8(7)13-9-10-5-2-6-11-9/h2,5-8,12H,1,3-4H2/t7-,8-/m0/s1. The van der Waals surface area contributed by atoms with Crippen molar-refractivity contribution in [1.82, 2.24) is 9.97 Å². The van der Waals surface area contributed by atoms with Crippen LogP contribution >= 0.6 is 11.8 Å². The predicted octanol–water partition coefficient (Wildman–Crippen LogP) is 1.48. The fourth-order valence-electron chi connectivity index (χ4n) is 1.53. The van der Waals surface area contributed by atoms with Gasteiger partial charge in [-0.15, -0.1) is 0 Å². The van der Waals surface area contributed by atoms with E-state index in [1.54, 1.807) is 30.2 Å². The summed E-state index contributed by atoms with van der Waals surface area (Å²) in [7, 11) is 0. The summed E-state index contributed by atoms with van der Waals surface area (Å²) < 4.78 is 0. The number of aliphatic hydroxyl groups is 1. The maximum Gasteiger partial charge on any atom is 0.187 e. The van der Waals surface area contributed by atoms with Gasteiger partial charge in [-0.2, -0.15) is 0 Å². The molecule has 0 saturated heterocycles. The van der Waals surface area contributed by atoms with Crippen LogP contribution in [0.4, 0.5) is 0 Å². The molecule has 3 nitrogen and oxygen atoms in total. The fraction of sp³-hybridized carbons (Fsp3) is 0.556. The van der Waals surface area contributed by atoms with Crippen molar-refractivity contribution in [3.05, 3.63) is 18.5 Å². The highest BCUT2D eigenvalue weighted by atomic mass is 32.2. The molecule has 2 atom stereocenters. The molecular formula is C9H12N2OS. The van der Waals surface area contributed by atoms with Crippen molar-refractivity contribution in [2.75, 3.05) is 0 Å². The quantitative estimate of drug-likeness (QED) is 0.728. The second kappa shape index (κ2) is 4.07. The summed E-state index contributed by atoms with van der Waals surface area (Å²) in [6.45, 7) is 0. The molecule has 1 heterocycles. The molecule has 0 aromatic carbocycles. The highest BCUT2D eigenvalue weighted by molar-refractivity contribution is 7.99. The summed E-state index contributed by atoms with van der Waals surface area (Å²) >= 11 is 1.59. The predicted molar refractivity (Wildman–Crippen MR) is 51.5 cm³/mol. The van der Waals surface area contributed by atoms with Crippen LogP contribution in [0.25, 0.3) is 0 Å². The molecule has 0 bridgehead atoms. The van der Waals surface area contributed by atoms with Crippen molar-refractivity contribution in [2.24, 2.45) is 0 Å². The summed E-state index contributed by atoms with van der Waals surface area (Å²) in [5.41, 5.74) is 0. The molecule has 1 N–H and O–H groups in total. The highest BCUT2D eigenvalue weighted by Gasteiger charge is 2.26. The van der Waals surface area contributed by atoms with Crippen molar-refractivity contribution in [1.29, 1.82) is 0 Å². The maximum atomic E-state index is 9.57. The van der Waals surface area contributed by atoms with Crippen LogP contribution < -0.4 is 0 Å². The molecule has 0 aliphatic heterocycles. The minimum atomic E-state index is -0.172. The Kier molecular flexibility index (Phi) is 2.80. The van der Waals surface area contributed by atoms with Crippen molar-refractivity contribution >= 4 is 11.8 Å². The van der Waals surface area contributed by atoms with Gasteiger partial charge in [0.2, 0.25) is 0 Å². The lowest BCUT2D eigenvalue weighted by molar-refractivity contribution is 0.188. The van der Waals surface area contributed by atoms with Gasteiger partial charge in [0.25, 0.3) is 0 Å². The van der Waals surface area contributed by atoms with Gasteiger partial charge in [0, 0.05) is 17.6 Å². The number of aromatic nitrogens is 2. The molecule has 1 aliphatic rings. The van der Waals surface area contributed by atoms with E-state index >= 15 is 0 Å². The minimum Gasteiger partial charge on any atom is -0.392 e. The second-order valence-corrected chi connectivity index (χ2v) is 4.39. The van der Waals surface area contributed by atoms with Crippen LogP contribution in [0.15, 0.2) is 23.6 Å². The third kappa shape index (κ3) is 2.19. The summed E-state index contributed by atoms with van der Waals surface area (Å²) in [4.78, 5) is 8.23. The van der Waals surface area contributed by atoms with Gasteiger partial charge in [0.15, 0.2) is 5.16 Å². The summed E-state index contributed by atoms with van der Waals surface area (Å²) in [6, 6.07) is 1.80. The molecule has 0 radical (unpaired) electrons. The van der Waals surface area contributed by atoms with Crippen LogP contribution in [-0.2, 0) is 0 Å². The van der Waals surface area contributed by atoms with Crippen LogP contribution in [0.1, 0.15) is 19.3 Å². The lowest BCUT2D eigenvalue weighted by Gasteiger charge is -2.11. The SMILES string of the molecule is O[C@H]1CCC[C@@H]1Sc1ncccn1. The lowest BCUT2D eigenvalue weighted by atomic mass is 10.3. The Morgan fingerprint density at radius 2 is 2.08 bits per heavy atom. The van der Waals surface area contributed by atoms with Gasteiger partial charge in [-0.3, -0.25) is 0 Å². The topological polar surface area (TPSA) is 46.0 Å². The Bertz CT molecular complexity index is 268. The Morgan fingerprint density at radius 1 is 1.31 bits per heavy atom. The van der Waals surface area contributed by atoms with Gasteiger partial charge in [0.05, 0.1) is 6.10 Å². The Morgan fingerprint density at radius 3 is 2.69 bits per heavy atom. The first-order valence-corrected chi connectivity index (χ1v) is 5.36. The molecule has 1 aliphatic carbocycles. The zero-order valence-electron chi connectivity index (χ0n) is 7.26. The van der Waals surface area contributed by atoms with Crippen LogP contribution in [0.2, 0.25) is 0 Å². The number of aliphatic hydroxyl groups excluding tert-OH is 1. The van der Waals surface area contributed by atoms with Gasteiger partial charge >= 0.3 is 0 Å². The molecule has 13 heavy (non-hydrogen) atoms. The summed E-state index contributed by atoms with van der Waals surface area (Å²) in [6.07, 6.45) is 6.40. The Balaban J connectivity index is 1.98. The van der Waals surface area contributed by atoms with E-state index in [4.69, 9.17) is 0 Å². The molecule has 1 fully saturated rings. The molecule has 1 aromatic rings. The van der Waals surface area contributed by atoms with E-state index < -0.39 is 0 Å². The molecule has 0 unspecified atom stereocenters. The van der Waals surface area contributed by atoms with E-state index in [0.717, 1.165) is 24.4 Å². The lowest BCUT2D eigenvalue weighted by Crippen LogP contribution is -2.15. The van der Waals surface area contributed by atoms with E-state index in [0.29, 0.717) is 5.25 Å². The molecule has 0 amide bonds. The molecule has 70 valence electrons. The number of thioether (sulfide) groups is 1. The van der Waals surface area contributed by atoms with E-state index in [1.807, 2.05) is 0 Å². The van der Waals surface area contributed by atoms with Crippen LogP contribution in [0.3, 0.4) is 0 Å². The molecule has 2 rings (SSSR count). The average Bonchev–Trinajstić information content (AvgIpc) is 2.54. The van der Waals surface area contributed by atoms with E-state index in [-0.39, 0.29) is 6.10 Å². The van der Waals surface area contributed by atoms with E-state index in [1.165, 1.54) is 0 Å². The van der Waals surface area contributed by atoms with Gasteiger partial charge in [-0.05, 0) is 25.3 Å². The van der Waals surface area contributed by atoms with Crippen molar-refractivity contribution in [3.8, 4) is 0 Å². The van der Waals surface area contributed by atoms with E-state index in [9.17, 15) is 5.11 Å². The summed E-state index contributed by atoms with van der Waals surface area (Å²) in [5, 5.41) is 10.6. The molecular weight excluding hydrogens is 184 g/mol. The molecule has 1 saturated carbocycles. The average molecular weight is 196 g/mol. The largest absolute Gasteiger partial charge is 0.392 e. The number of hydrogen-bond donors (Lipinski definition) is 1. The maximum absolute atomic E-state index is 9.57. The van der Waals surface area contributed by atoms with Crippen molar-refractivity contribution in [3.63, 3.8) is 0 Å². The van der Waals surface area contributed by atoms with Crippen molar-refractivity contribution in [2.45, 2.75) is 35.8 Å². The van der Waals surface area contributed by atoms with Crippen LogP contribution in [-0.4, -0.2) is 26.4 Å². The van der Waals surface area contributed by atoms with E-state index in [2.05, 4.69) is 9.97 Å². The Hall–Kier alpha value is -0.610. The van der Waals surface area contributed by atoms with Gasteiger partial charge in [-0.1, -0.05) is 11.8 Å². The molecule has 4 heteroatoms. The summed E-state index contributed by atoms with van der Waals surface area (Å²) in [5.74, 6) is 0. The smallest absolute Gasteiger partial charge is 0.187 e. The first kappa shape index (κ1) is 8.97. The van der Waals surface area contributed by atoms with Gasteiger partial charge in [-0.25, -0.2) is 9.97 Å². The van der Waals surface area contributed by atoms with Crippen LogP contribution in [0, 0.1) is 0 Å². The van der Waals surface area contributed by atoms with Crippen LogP contribution in [0.5, 0.6) is 0 Å². The zero-order valence-corrected chi connectivity index (χ0v) is 8.07. The first-order chi connectivity index (χ1) is 6.36. The van der Waals surface area contributed by atoms with Gasteiger partial charge < -0.3 is 5.11 Å². The highest BCUT2D eigenvalue weighted by Crippen LogP contribution is 2.32. The van der Waals surface area contributed by atoms with Crippen molar-refractivity contribution < 1.29 is 5.11 Å². The minimum absolute atomic E-state index is 0.172. The normalized spacial score (nSPS) is 27.8. The Labute approximate surface area is 81.6 Å². The number of nitrogens with zero attached hydrogens (tertiary/aromatic N) is 2. The molecule has 1 aromatic heterocycles.